The van der Waals surface area contributed by atoms with E-state index in [2.05, 4.69) is 56.5 Å². The highest BCUT2D eigenvalue weighted by atomic mass is 14.9. The maximum Gasteiger partial charge on any atom is 0.0372 e. The van der Waals surface area contributed by atoms with Gasteiger partial charge in [-0.2, -0.15) is 0 Å². The van der Waals surface area contributed by atoms with Crippen molar-refractivity contribution in [3.63, 3.8) is 0 Å². The third-order valence-corrected chi connectivity index (χ3v) is 4.08. The molecular weight excluding hydrogens is 232 g/mol. The highest BCUT2D eigenvalue weighted by molar-refractivity contribution is 5.53. The van der Waals surface area contributed by atoms with Gasteiger partial charge in [-0.3, -0.25) is 0 Å². The molecule has 1 aliphatic heterocycles. The minimum atomic E-state index is 0.219. The van der Waals surface area contributed by atoms with E-state index in [-0.39, 0.29) is 5.41 Å². The van der Waals surface area contributed by atoms with Crippen molar-refractivity contribution in [2.24, 2.45) is 5.92 Å². The van der Waals surface area contributed by atoms with Crippen molar-refractivity contribution in [3.05, 3.63) is 29.3 Å². The molecule has 1 aliphatic rings. The Labute approximate surface area is 118 Å². The number of aryl methyl sites for hydroxylation is 1. The Bertz CT molecular complexity index is 412. The molecule has 1 fully saturated rings. The first-order chi connectivity index (χ1) is 8.97. The van der Waals surface area contributed by atoms with Gasteiger partial charge in [0.1, 0.15) is 0 Å². The normalized spacial score (nSPS) is 20.3. The number of benzene rings is 1. The number of hydrogen-bond acceptors (Lipinski definition) is 2. The Morgan fingerprint density at radius 2 is 2.11 bits per heavy atom. The molecule has 0 amide bonds. The molecule has 0 saturated carbocycles. The number of piperidine rings is 1. The van der Waals surface area contributed by atoms with E-state index in [9.17, 15) is 0 Å². The SMILES string of the molecule is Cc1ccc(C(C)(C)C)cc1NCC1CCCNC1. The van der Waals surface area contributed by atoms with Crippen LogP contribution in [0.4, 0.5) is 5.69 Å². The van der Waals surface area contributed by atoms with E-state index >= 15 is 0 Å². The van der Waals surface area contributed by atoms with Crippen LogP contribution in [0.2, 0.25) is 0 Å². The number of rotatable bonds is 3. The van der Waals surface area contributed by atoms with Crippen molar-refractivity contribution < 1.29 is 0 Å². The van der Waals surface area contributed by atoms with Gasteiger partial charge in [-0.05, 0) is 61.4 Å². The molecule has 1 aromatic carbocycles. The molecule has 1 atom stereocenters. The molecular formula is C17H28N2. The quantitative estimate of drug-likeness (QED) is 0.866. The molecule has 0 bridgehead atoms. The third-order valence-electron chi connectivity index (χ3n) is 4.08. The maximum absolute atomic E-state index is 3.66. The summed E-state index contributed by atoms with van der Waals surface area (Å²) in [6, 6.07) is 6.82. The van der Waals surface area contributed by atoms with Crippen LogP contribution >= 0.6 is 0 Å². The van der Waals surface area contributed by atoms with Crippen LogP contribution < -0.4 is 10.6 Å². The molecule has 2 rings (SSSR count). The Hall–Kier alpha value is -1.02. The Kier molecular flexibility index (Phi) is 4.51. The lowest BCUT2D eigenvalue weighted by atomic mass is 9.86. The van der Waals surface area contributed by atoms with Gasteiger partial charge in [-0.15, -0.1) is 0 Å². The van der Waals surface area contributed by atoms with E-state index < -0.39 is 0 Å². The summed E-state index contributed by atoms with van der Waals surface area (Å²) in [6.45, 7) is 12.4. The van der Waals surface area contributed by atoms with E-state index in [4.69, 9.17) is 0 Å². The third kappa shape index (κ3) is 3.97. The fraction of sp³-hybridized carbons (Fsp3) is 0.647. The molecule has 19 heavy (non-hydrogen) atoms. The second-order valence-electron chi connectivity index (χ2n) is 6.87. The highest BCUT2D eigenvalue weighted by Crippen LogP contribution is 2.27. The molecule has 2 heteroatoms. The van der Waals surface area contributed by atoms with Crippen molar-refractivity contribution in [2.75, 3.05) is 25.0 Å². The first-order valence-corrected chi connectivity index (χ1v) is 7.52. The molecule has 1 saturated heterocycles. The number of anilines is 1. The number of hydrogen-bond donors (Lipinski definition) is 2. The van der Waals surface area contributed by atoms with Gasteiger partial charge in [0.05, 0.1) is 0 Å². The summed E-state index contributed by atoms with van der Waals surface area (Å²) in [5.74, 6) is 0.770. The smallest absolute Gasteiger partial charge is 0.0372 e. The van der Waals surface area contributed by atoms with Gasteiger partial charge in [0, 0.05) is 12.2 Å². The summed E-state index contributed by atoms with van der Waals surface area (Å²) in [5, 5.41) is 7.14. The van der Waals surface area contributed by atoms with E-state index in [1.165, 1.54) is 36.2 Å². The molecule has 0 aromatic heterocycles. The molecule has 1 aromatic rings. The van der Waals surface area contributed by atoms with Crippen LogP contribution in [0.3, 0.4) is 0 Å². The first kappa shape index (κ1) is 14.4. The molecule has 1 heterocycles. The fourth-order valence-electron chi connectivity index (χ4n) is 2.63. The summed E-state index contributed by atoms with van der Waals surface area (Å²) in [7, 11) is 0. The molecule has 2 nitrogen and oxygen atoms in total. The molecule has 0 aliphatic carbocycles. The lowest BCUT2D eigenvalue weighted by molar-refractivity contribution is 0.393. The average Bonchev–Trinajstić information content (AvgIpc) is 2.37. The zero-order valence-electron chi connectivity index (χ0n) is 12.8. The fourth-order valence-corrected chi connectivity index (χ4v) is 2.63. The van der Waals surface area contributed by atoms with Crippen LogP contribution in [-0.2, 0) is 5.41 Å². The molecule has 2 N–H and O–H groups in total. The van der Waals surface area contributed by atoms with E-state index in [0.717, 1.165) is 19.0 Å². The van der Waals surface area contributed by atoms with Crippen LogP contribution in [0, 0.1) is 12.8 Å². The summed E-state index contributed by atoms with van der Waals surface area (Å²) in [4.78, 5) is 0. The predicted molar refractivity (Wildman–Crippen MR) is 84.0 cm³/mol. The van der Waals surface area contributed by atoms with Crippen LogP contribution in [0.15, 0.2) is 18.2 Å². The van der Waals surface area contributed by atoms with Crippen molar-refractivity contribution in [1.29, 1.82) is 0 Å². The summed E-state index contributed by atoms with van der Waals surface area (Å²) >= 11 is 0. The van der Waals surface area contributed by atoms with E-state index in [1.54, 1.807) is 0 Å². The monoisotopic (exact) mass is 260 g/mol. The van der Waals surface area contributed by atoms with E-state index in [0.29, 0.717) is 0 Å². The average molecular weight is 260 g/mol. The summed E-state index contributed by atoms with van der Waals surface area (Å²) in [6.07, 6.45) is 2.66. The molecule has 1 unspecified atom stereocenters. The predicted octanol–water partition coefficient (Wildman–Crippen LogP) is 3.70. The van der Waals surface area contributed by atoms with Crippen molar-refractivity contribution >= 4 is 5.69 Å². The Balaban J connectivity index is 2.02. The number of nitrogens with one attached hydrogen (secondary N) is 2. The largest absolute Gasteiger partial charge is 0.384 e. The van der Waals surface area contributed by atoms with E-state index in [1.807, 2.05) is 0 Å². The van der Waals surface area contributed by atoms with Crippen molar-refractivity contribution in [2.45, 2.75) is 46.0 Å². The summed E-state index contributed by atoms with van der Waals surface area (Å²) in [5.41, 5.74) is 4.27. The molecule has 0 spiro atoms. The highest BCUT2D eigenvalue weighted by Gasteiger charge is 2.16. The molecule has 106 valence electrons. The van der Waals surface area contributed by atoms with Crippen molar-refractivity contribution in [3.8, 4) is 0 Å². The second-order valence-corrected chi connectivity index (χ2v) is 6.87. The van der Waals surface area contributed by atoms with Gasteiger partial charge in [0.15, 0.2) is 0 Å². The van der Waals surface area contributed by atoms with Gasteiger partial charge < -0.3 is 10.6 Å². The van der Waals surface area contributed by atoms with Gasteiger partial charge in [0.25, 0.3) is 0 Å². The Morgan fingerprint density at radius 1 is 1.32 bits per heavy atom. The van der Waals surface area contributed by atoms with Crippen LogP contribution in [-0.4, -0.2) is 19.6 Å². The van der Waals surface area contributed by atoms with Gasteiger partial charge >= 0.3 is 0 Å². The topological polar surface area (TPSA) is 24.1 Å². The summed E-state index contributed by atoms with van der Waals surface area (Å²) < 4.78 is 0. The van der Waals surface area contributed by atoms with Gasteiger partial charge in [-0.1, -0.05) is 32.9 Å². The zero-order valence-corrected chi connectivity index (χ0v) is 12.8. The molecule has 0 radical (unpaired) electrons. The first-order valence-electron chi connectivity index (χ1n) is 7.52. The van der Waals surface area contributed by atoms with Crippen LogP contribution in [0.1, 0.15) is 44.7 Å². The van der Waals surface area contributed by atoms with Gasteiger partial charge in [-0.25, -0.2) is 0 Å². The standard InChI is InChI=1S/C17H28N2/c1-13-7-8-15(17(2,3)4)10-16(13)19-12-14-6-5-9-18-11-14/h7-8,10,14,18-19H,5-6,9,11-12H2,1-4H3. The van der Waals surface area contributed by atoms with Crippen molar-refractivity contribution in [1.82, 2.24) is 5.32 Å². The lowest BCUT2D eigenvalue weighted by Gasteiger charge is -2.25. The maximum atomic E-state index is 3.66. The minimum absolute atomic E-state index is 0.219. The van der Waals surface area contributed by atoms with Crippen LogP contribution in [0.25, 0.3) is 0 Å². The minimum Gasteiger partial charge on any atom is -0.384 e. The lowest BCUT2D eigenvalue weighted by Crippen LogP contribution is -2.33. The second kappa shape index (κ2) is 5.96. The van der Waals surface area contributed by atoms with Gasteiger partial charge in [0.2, 0.25) is 0 Å². The van der Waals surface area contributed by atoms with Crippen LogP contribution in [0.5, 0.6) is 0 Å². The Morgan fingerprint density at radius 3 is 2.74 bits per heavy atom. The zero-order chi connectivity index (χ0) is 13.9.